The van der Waals surface area contributed by atoms with E-state index in [-0.39, 0.29) is 16.8 Å². The first-order chi connectivity index (χ1) is 8.48. The maximum Gasteiger partial charge on any atom is 0.343 e. The number of Topliss-reactive ketones (excluding diaryl/α,β-unsaturated/α-hetero) is 1. The van der Waals surface area contributed by atoms with Crippen molar-refractivity contribution in [3.8, 4) is 0 Å². The third-order valence-corrected chi connectivity index (χ3v) is 3.47. The predicted molar refractivity (Wildman–Crippen MR) is 68.9 cm³/mol. The molecule has 1 heterocycles. The zero-order valence-corrected chi connectivity index (χ0v) is 10.4. The van der Waals surface area contributed by atoms with Gasteiger partial charge in [-0.2, -0.15) is 0 Å². The summed E-state index contributed by atoms with van der Waals surface area (Å²) in [6.45, 7) is 4.03. The summed E-state index contributed by atoms with van der Waals surface area (Å²) in [6, 6.07) is 7.15. The standard InChI is InChI=1S/C15H14O3/c1-15(2)7-11(16)13-9-5-3-4-6-10(9)14(17)18-12(13)8-15/h3-6H,7-8H2,1-2H3. The van der Waals surface area contributed by atoms with Gasteiger partial charge < -0.3 is 4.42 Å². The molecule has 1 aromatic carbocycles. The minimum absolute atomic E-state index is 0.0706. The highest BCUT2D eigenvalue weighted by atomic mass is 16.4. The molecule has 0 N–H and O–H groups in total. The number of rotatable bonds is 0. The fraction of sp³-hybridized carbons (Fsp3) is 0.333. The van der Waals surface area contributed by atoms with Gasteiger partial charge in [0.1, 0.15) is 5.76 Å². The van der Waals surface area contributed by atoms with Gasteiger partial charge in [-0.05, 0) is 11.5 Å². The number of benzene rings is 1. The molecular formula is C15H14O3. The van der Waals surface area contributed by atoms with Crippen molar-refractivity contribution < 1.29 is 9.21 Å². The van der Waals surface area contributed by atoms with E-state index < -0.39 is 0 Å². The van der Waals surface area contributed by atoms with Gasteiger partial charge in [0, 0.05) is 18.2 Å². The lowest BCUT2D eigenvalue weighted by Crippen LogP contribution is -2.28. The summed E-state index contributed by atoms with van der Waals surface area (Å²) < 4.78 is 5.34. The molecule has 0 saturated heterocycles. The zero-order chi connectivity index (χ0) is 12.9. The number of hydrogen-bond acceptors (Lipinski definition) is 3. The number of fused-ring (bicyclic) bond motifs is 3. The highest BCUT2D eigenvalue weighted by Crippen LogP contribution is 2.36. The van der Waals surface area contributed by atoms with Gasteiger partial charge in [-0.3, -0.25) is 4.79 Å². The van der Waals surface area contributed by atoms with Crippen LogP contribution in [0.5, 0.6) is 0 Å². The summed E-state index contributed by atoms with van der Waals surface area (Å²) in [4.78, 5) is 24.2. The van der Waals surface area contributed by atoms with E-state index in [1.54, 1.807) is 12.1 Å². The Morgan fingerprint density at radius 1 is 1.06 bits per heavy atom. The molecule has 18 heavy (non-hydrogen) atoms. The third kappa shape index (κ3) is 1.58. The van der Waals surface area contributed by atoms with E-state index in [0.29, 0.717) is 29.6 Å². The summed E-state index contributed by atoms with van der Waals surface area (Å²) in [7, 11) is 0. The van der Waals surface area contributed by atoms with E-state index in [1.165, 1.54) is 0 Å². The lowest BCUT2D eigenvalue weighted by atomic mass is 9.75. The predicted octanol–water partition coefficient (Wildman–Crippen LogP) is 2.95. The first-order valence-electron chi connectivity index (χ1n) is 6.06. The second-order valence-electron chi connectivity index (χ2n) is 5.67. The summed E-state index contributed by atoms with van der Waals surface area (Å²) in [5, 5.41) is 1.22. The SMILES string of the molecule is CC1(C)CC(=O)c2c(oc(=O)c3ccccc23)C1. The molecule has 1 aliphatic carbocycles. The van der Waals surface area contributed by atoms with Crippen LogP contribution in [0, 0.1) is 5.41 Å². The second-order valence-corrected chi connectivity index (χ2v) is 5.67. The molecule has 0 saturated carbocycles. The quantitative estimate of drug-likeness (QED) is 0.713. The average Bonchev–Trinajstić information content (AvgIpc) is 2.26. The first kappa shape index (κ1) is 11.2. The molecule has 0 amide bonds. The number of hydrogen-bond donors (Lipinski definition) is 0. The third-order valence-electron chi connectivity index (χ3n) is 3.47. The minimum atomic E-state index is -0.352. The van der Waals surface area contributed by atoms with Crippen LogP contribution in [0.4, 0.5) is 0 Å². The Kier molecular flexibility index (Phi) is 2.21. The Morgan fingerprint density at radius 3 is 2.44 bits per heavy atom. The second kappa shape index (κ2) is 3.55. The van der Waals surface area contributed by atoms with Gasteiger partial charge in [0.2, 0.25) is 0 Å². The Bertz CT molecular complexity index is 707. The van der Waals surface area contributed by atoms with E-state index in [0.717, 1.165) is 5.39 Å². The van der Waals surface area contributed by atoms with E-state index in [4.69, 9.17) is 4.42 Å². The normalized spacial score (nSPS) is 17.8. The Balaban J connectivity index is 2.40. The Morgan fingerprint density at radius 2 is 1.72 bits per heavy atom. The molecule has 0 bridgehead atoms. The fourth-order valence-electron chi connectivity index (χ4n) is 2.70. The largest absolute Gasteiger partial charge is 0.427 e. The van der Waals surface area contributed by atoms with Crippen molar-refractivity contribution >= 4 is 16.6 Å². The smallest absolute Gasteiger partial charge is 0.343 e. The Hall–Kier alpha value is -1.90. The summed E-state index contributed by atoms with van der Waals surface area (Å²) in [5.41, 5.74) is 0.113. The van der Waals surface area contributed by atoms with Crippen LogP contribution in [-0.4, -0.2) is 5.78 Å². The number of ketones is 1. The molecule has 92 valence electrons. The molecule has 1 aliphatic rings. The highest BCUT2D eigenvalue weighted by molar-refractivity contribution is 6.09. The molecule has 1 aromatic heterocycles. The van der Waals surface area contributed by atoms with Crippen LogP contribution in [0.2, 0.25) is 0 Å². The van der Waals surface area contributed by atoms with Crippen LogP contribution in [0.25, 0.3) is 10.8 Å². The summed E-state index contributed by atoms with van der Waals surface area (Å²) in [6.07, 6.45) is 1.13. The maximum absolute atomic E-state index is 12.3. The van der Waals surface area contributed by atoms with E-state index in [2.05, 4.69) is 0 Å². The lowest BCUT2D eigenvalue weighted by molar-refractivity contribution is 0.0900. The lowest BCUT2D eigenvalue weighted by Gasteiger charge is -2.29. The zero-order valence-electron chi connectivity index (χ0n) is 10.4. The van der Waals surface area contributed by atoms with Crippen LogP contribution < -0.4 is 5.63 Å². The number of carbonyl (C=O) groups excluding carboxylic acids is 1. The van der Waals surface area contributed by atoms with E-state index >= 15 is 0 Å². The van der Waals surface area contributed by atoms with E-state index in [1.807, 2.05) is 26.0 Å². The monoisotopic (exact) mass is 242 g/mol. The van der Waals surface area contributed by atoms with Crippen LogP contribution in [0.3, 0.4) is 0 Å². The van der Waals surface area contributed by atoms with Crippen LogP contribution in [0.15, 0.2) is 33.5 Å². The van der Waals surface area contributed by atoms with Crippen molar-refractivity contribution in [1.82, 2.24) is 0 Å². The molecule has 3 heteroatoms. The van der Waals surface area contributed by atoms with Crippen LogP contribution >= 0.6 is 0 Å². The van der Waals surface area contributed by atoms with Crippen molar-refractivity contribution in [3.05, 3.63) is 46.0 Å². The van der Waals surface area contributed by atoms with Crippen molar-refractivity contribution in [2.24, 2.45) is 5.41 Å². The molecule has 0 spiro atoms. The van der Waals surface area contributed by atoms with Gasteiger partial charge in [0.15, 0.2) is 5.78 Å². The molecule has 2 aromatic rings. The average molecular weight is 242 g/mol. The minimum Gasteiger partial charge on any atom is -0.427 e. The first-order valence-corrected chi connectivity index (χ1v) is 6.06. The highest BCUT2D eigenvalue weighted by Gasteiger charge is 2.34. The van der Waals surface area contributed by atoms with Gasteiger partial charge in [-0.15, -0.1) is 0 Å². The molecular weight excluding hydrogens is 228 g/mol. The van der Waals surface area contributed by atoms with Gasteiger partial charge in [0.25, 0.3) is 0 Å². The molecule has 0 unspecified atom stereocenters. The molecule has 0 aliphatic heterocycles. The number of carbonyl (C=O) groups is 1. The molecule has 3 nitrogen and oxygen atoms in total. The fourth-order valence-corrected chi connectivity index (χ4v) is 2.70. The molecule has 3 rings (SSSR count). The Labute approximate surface area is 104 Å². The van der Waals surface area contributed by atoms with Gasteiger partial charge in [0.05, 0.1) is 10.9 Å². The van der Waals surface area contributed by atoms with Crippen LogP contribution in [0.1, 0.15) is 36.4 Å². The van der Waals surface area contributed by atoms with Crippen LogP contribution in [-0.2, 0) is 6.42 Å². The van der Waals surface area contributed by atoms with Crippen molar-refractivity contribution in [2.45, 2.75) is 26.7 Å². The van der Waals surface area contributed by atoms with Gasteiger partial charge in [-0.1, -0.05) is 32.0 Å². The van der Waals surface area contributed by atoms with Crippen molar-refractivity contribution in [3.63, 3.8) is 0 Å². The maximum atomic E-state index is 12.3. The summed E-state index contributed by atoms with van der Waals surface area (Å²) in [5.74, 6) is 0.612. The van der Waals surface area contributed by atoms with Crippen molar-refractivity contribution in [1.29, 1.82) is 0 Å². The molecule has 0 fully saturated rings. The molecule has 0 atom stereocenters. The molecule has 0 radical (unpaired) electrons. The topological polar surface area (TPSA) is 47.3 Å². The van der Waals surface area contributed by atoms with E-state index in [9.17, 15) is 9.59 Å². The van der Waals surface area contributed by atoms with Gasteiger partial charge >= 0.3 is 5.63 Å². The van der Waals surface area contributed by atoms with Gasteiger partial charge in [-0.25, -0.2) is 4.79 Å². The summed E-state index contributed by atoms with van der Waals surface area (Å²) >= 11 is 0. The van der Waals surface area contributed by atoms with Crippen molar-refractivity contribution in [2.75, 3.05) is 0 Å².